The molecule has 0 unspecified atom stereocenters. The highest BCUT2D eigenvalue weighted by Crippen LogP contribution is 2.49. The first-order valence-corrected chi connectivity index (χ1v) is 16.7. The molecule has 17 heteroatoms. The van der Waals surface area contributed by atoms with Crippen LogP contribution in [0.1, 0.15) is 40.2 Å². The van der Waals surface area contributed by atoms with Gasteiger partial charge in [0.1, 0.15) is 29.2 Å². The van der Waals surface area contributed by atoms with Gasteiger partial charge in [-0.15, -0.1) is 11.8 Å². The van der Waals surface area contributed by atoms with Crippen LogP contribution in [0.15, 0.2) is 46.3 Å². The number of benzene rings is 2. The van der Waals surface area contributed by atoms with E-state index in [1.807, 2.05) is 0 Å². The van der Waals surface area contributed by atoms with E-state index in [9.17, 15) is 14.0 Å². The molecule has 0 radical (unpaired) electrons. The Balaban J connectivity index is 1.57. The van der Waals surface area contributed by atoms with Crippen molar-refractivity contribution in [3.63, 3.8) is 0 Å². The summed E-state index contributed by atoms with van der Waals surface area (Å²) in [6, 6.07) is 2.67. The monoisotopic (exact) mass is 719 g/mol. The molecule has 0 saturated carbocycles. The fraction of sp³-hybridized carbons (Fsp3) is 0.424. The van der Waals surface area contributed by atoms with Crippen molar-refractivity contribution in [2.24, 2.45) is 0 Å². The topological polar surface area (TPSA) is 129 Å². The first-order chi connectivity index (χ1) is 23.4. The van der Waals surface area contributed by atoms with Gasteiger partial charge in [0.25, 0.3) is 0 Å². The summed E-state index contributed by atoms with van der Waals surface area (Å²) in [4.78, 5) is 42.6. The number of aromatic nitrogens is 4. The number of alkyl halides is 3. The number of halogens is 5. The zero-order valence-electron chi connectivity index (χ0n) is 27.7. The van der Waals surface area contributed by atoms with Crippen LogP contribution in [0.2, 0.25) is 0 Å². The normalized spacial score (nSPS) is 19.8. The maximum Gasteiger partial charge on any atom is 0.417 e. The standard InChI is InChI=1S/C33H34F5N7O4S/c1-16-12-43(13-17(2)45(16)31(47)49-32(3,4)5)28-20-9-21(33(36,37)38)25(19-10-24(39)23(35)11-22(19)34)27-26(20)44(30(46)42-28)14-18(15-50-27)48-29-40-7-6-8-41-29/h6-11,16-18H,12-15,39H2,1-5H3/t16-,17+,18-/m0/s1. The average Bonchev–Trinajstić information content (AvgIpc) is 3.20. The number of piperazine rings is 1. The molecule has 11 nitrogen and oxygen atoms in total. The number of nitrogens with zero attached hydrogens (tertiary/aromatic N) is 6. The highest BCUT2D eigenvalue weighted by atomic mass is 32.2. The van der Waals surface area contributed by atoms with Gasteiger partial charge in [0.2, 0.25) is 0 Å². The highest BCUT2D eigenvalue weighted by molar-refractivity contribution is 7.99. The number of anilines is 2. The van der Waals surface area contributed by atoms with E-state index < -0.39 is 75.8 Å². The molecule has 0 aliphatic carbocycles. The summed E-state index contributed by atoms with van der Waals surface area (Å²) >= 11 is 0.917. The Morgan fingerprint density at radius 3 is 2.28 bits per heavy atom. The third-order valence-corrected chi connectivity index (χ3v) is 9.52. The van der Waals surface area contributed by atoms with Gasteiger partial charge < -0.3 is 20.1 Å². The van der Waals surface area contributed by atoms with Crippen LogP contribution in [0.4, 0.5) is 38.3 Å². The van der Waals surface area contributed by atoms with Crippen molar-refractivity contribution in [1.82, 2.24) is 24.4 Å². The Labute approximate surface area is 287 Å². The molecule has 0 bridgehead atoms. The fourth-order valence-electron chi connectivity index (χ4n) is 6.36. The molecule has 4 aromatic rings. The lowest BCUT2D eigenvalue weighted by Gasteiger charge is -2.45. The zero-order valence-corrected chi connectivity index (χ0v) is 28.5. The van der Waals surface area contributed by atoms with Crippen LogP contribution in [-0.2, 0) is 17.5 Å². The summed E-state index contributed by atoms with van der Waals surface area (Å²) in [5.41, 5.74) is 1.28. The number of carbonyl (C=O) groups excluding carboxylic acids is 1. The fourth-order valence-corrected chi connectivity index (χ4v) is 7.61. The van der Waals surface area contributed by atoms with Crippen molar-refractivity contribution in [3.8, 4) is 17.1 Å². The number of carbonyl (C=O) groups is 1. The van der Waals surface area contributed by atoms with E-state index in [1.165, 1.54) is 17.0 Å². The number of nitrogens with two attached hydrogens (primary N) is 1. The van der Waals surface area contributed by atoms with Crippen LogP contribution in [0, 0.1) is 11.6 Å². The predicted molar refractivity (Wildman–Crippen MR) is 177 cm³/mol. The van der Waals surface area contributed by atoms with Gasteiger partial charge in [0.05, 0.1) is 35.4 Å². The van der Waals surface area contributed by atoms with E-state index in [1.54, 1.807) is 50.5 Å². The van der Waals surface area contributed by atoms with Crippen LogP contribution in [0.25, 0.3) is 22.0 Å². The van der Waals surface area contributed by atoms with Crippen LogP contribution in [0.5, 0.6) is 6.01 Å². The van der Waals surface area contributed by atoms with Gasteiger partial charge in [-0.05, 0) is 52.8 Å². The van der Waals surface area contributed by atoms with Crippen LogP contribution in [0.3, 0.4) is 0 Å². The van der Waals surface area contributed by atoms with Crippen LogP contribution >= 0.6 is 11.8 Å². The molecule has 4 heterocycles. The van der Waals surface area contributed by atoms with E-state index in [4.69, 9.17) is 15.2 Å². The van der Waals surface area contributed by atoms with Crippen molar-refractivity contribution < 1.29 is 36.2 Å². The van der Waals surface area contributed by atoms with Gasteiger partial charge in [-0.3, -0.25) is 9.47 Å². The van der Waals surface area contributed by atoms with Crippen molar-refractivity contribution in [1.29, 1.82) is 0 Å². The molecule has 2 aliphatic rings. The zero-order chi connectivity index (χ0) is 36.3. The number of nitrogen functional groups attached to an aromatic ring is 1. The molecule has 2 aromatic carbocycles. The SMILES string of the molecule is C[C@@H]1CN(c2nc(=O)n3c4c(c(-c5cc(N)c(F)cc5F)c(C(F)(F)F)cc24)SC[C@@H](Oc2ncccn2)C3)C[C@H](C)N1C(=O)OC(C)(C)C. The largest absolute Gasteiger partial charge is 0.457 e. The summed E-state index contributed by atoms with van der Waals surface area (Å²) < 4.78 is 87.7. The Morgan fingerprint density at radius 2 is 1.66 bits per heavy atom. The Hall–Kier alpha value is -4.67. The van der Waals surface area contributed by atoms with Gasteiger partial charge in [0.15, 0.2) is 0 Å². The molecule has 2 aliphatic heterocycles. The van der Waals surface area contributed by atoms with Gasteiger partial charge in [0, 0.05) is 58.7 Å². The number of amides is 1. The molecule has 3 atom stereocenters. The van der Waals surface area contributed by atoms with Gasteiger partial charge in [-0.1, -0.05) is 0 Å². The number of ether oxygens (including phenoxy) is 2. The summed E-state index contributed by atoms with van der Waals surface area (Å²) in [6.45, 7) is 8.82. The van der Waals surface area contributed by atoms with Gasteiger partial charge in [-0.2, -0.15) is 18.2 Å². The number of thioether (sulfide) groups is 1. The second kappa shape index (κ2) is 12.9. The minimum atomic E-state index is -5.04. The molecule has 266 valence electrons. The molecule has 1 fully saturated rings. The number of rotatable bonds is 4. The molecule has 2 N–H and O–H groups in total. The Kier molecular flexibility index (Phi) is 9.07. The lowest BCUT2D eigenvalue weighted by atomic mass is 9.95. The predicted octanol–water partition coefficient (Wildman–Crippen LogP) is 6.12. The Morgan fingerprint density at radius 1 is 1.00 bits per heavy atom. The van der Waals surface area contributed by atoms with Crippen LogP contribution < -0.4 is 21.1 Å². The summed E-state index contributed by atoms with van der Waals surface area (Å²) in [6.07, 6.45) is -3.52. The van der Waals surface area contributed by atoms with E-state index in [0.717, 1.165) is 23.9 Å². The third-order valence-electron chi connectivity index (χ3n) is 8.30. The van der Waals surface area contributed by atoms with E-state index in [2.05, 4.69) is 15.0 Å². The highest BCUT2D eigenvalue weighted by Gasteiger charge is 2.41. The van der Waals surface area contributed by atoms with Crippen molar-refractivity contribution in [3.05, 3.63) is 64.3 Å². The molecule has 0 spiro atoms. The van der Waals surface area contributed by atoms with E-state index in [0.29, 0.717) is 6.07 Å². The minimum Gasteiger partial charge on any atom is -0.457 e. The maximum absolute atomic E-state index is 15.5. The Bertz CT molecular complexity index is 2010. The lowest BCUT2D eigenvalue weighted by Crippen LogP contribution is -2.59. The molecule has 1 amide bonds. The second-order valence-electron chi connectivity index (χ2n) is 13.3. The number of hydrogen-bond acceptors (Lipinski definition) is 10. The first-order valence-electron chi connectivity index (χ1n) is 15.7. The first kappa shape index (κ1) is 35.2. The molecule has 50 heavy (non-hydrogen) atoms. The van der Waals surface area contributed by atoms with Crippen LogP contribution in [-0.4, -0.2) is 73.1 Å². The second-order valence-corrected chi connectivity index (χ2v) is 14.3. The van der Waals surface area contributed by atoms with Crippen molar-refractivity contribution in [2.45, 2.75) is 76.0 Å². The molecular weight excluding hydrogens is 685 g/mol. The molecular formula is C33H34F5N7O4S. The lowest BCUT2D eigenvalue weighted by molar-refractivity contribution is -0.137. The van der Waals surface area contributed by atoms with E-state index in [-0.39, 0.29) is 53.0 Å². The van der Waals surface area contributed by atoms with Gasteiger partial charge >= 0.3 is 24.0 Å². The summed E-state index contributed by atoms with van der Waals surface area (Å²) in [5, 5.41) is -0.0274. The molecule has 2 aromatic heterocycles. The minimum absolute atomic E-state index is 0.000948. The maximum atomic E-state index is 15.5. The molecule has 6 rings (SSSR count). The van der Waals surface area contributed by atoms with E-state index >= 15 is 17.6 Å². The van der Waals surface area contributed by atoms with Crippen molar-refractivity contribution in [2.75, 3.05) is 29.5 Å². The average molecular weight is 720 g/mol. The third kappa shape index (κ3) is 6.74. The molecule has 1 saturated heterocycles. The smallest absolute Gasteiger partial charge is 0.417 e. The number of hydrogen-bond donors (Lipinski definition) is 1. The van der Waals surface area contributed by atoms with Gasteiger partial charge in [-0.25, -0.2) is 28.3 Å². The summed E-state index contributed by atoms with van der Waals surface area (Å²) in [5.74, 6) is -2.43. The summed E-state index contributed by atoms with van der Waals surface area (Å²) in [7, 11) is 0. The van der Waals surface area contributed by atoms with Crippen molar-refractivity contribution >= 4 is 40.3 Å². The quantitative estimate of drug-likeness (QED) is 0.195.